The Bertz CT molecular complexity index is 689. The Morgan fingerprint density at radius 3 is 2.40 bits per heavy atom. The highest BCUT2D eigenvalue weighted by Gasteiger charge is 2.33. The number of nitrogens with zero attached hydrogens (tertiary/aromatic N) is 2. The summed E-state index contributed by atoms with van der Waals surface area (Å²) in [6.45, 7) is 3.43. The third kappa shape index (κ3) is 5.22. The largest absolute Gasteiger partial charge is 0.417 e. The fourth-order valence-electron chi connectivity index (χ4n) is 2.59. The van der Waals surface area contributed by atoms with Crippen LogP contribution in [0.5, 0.6) is 0 Å². The van der Waals surface area contributed by atoms with Gasteiger partial charge in [0.1, 0.15) is 0 Å². The maximum Gasteiger partial charge on any atom is 0.417 e. The molecule has 1 saturated heterocycles. The van der Waals surface area contributed by atoms with Gasteiger partial charge in [-0.15, -0.1) is 0 Å². The molecule has 0 spiro atoms. The first-order valence-corrected chi connectivity index (χ1v) is 8.15. The minimum atomic E-state index is -4.55. The van der Waals surface area contributed by atoms with Crippen molar-refractivity contribution in [2.45, 2.75) is 19.5 Å². The molecule has 1 heterocycles. The average Bonchev–Trinajstić information content (AvgIpc) is 2.79. The second-order valence-corrected chi connectivity index (χ2v) is 6.16. The van der Waals surface area contributed by atoms with Crippen LogP contribution in [-0.4, -0.2) is 47.8 Å². The van der Waals surface area contributed by atoms with Crippen LogP contribution in [0.4, 0.5) is 13.2 Å². The normalized spacial score (nSPS) is 16.2. The smallest absolute Gasteiger partial charge is 0.341 e. The molecule has 1 aliphatic rings. The van der Waals surface area contributed by atoms with Crippen molar-refractivity contribution in [1.82, 2.24) is 9.80 Å². The molecule has 2 amide bonds. The molecule has 0 N–H and O–H groups in total. The molecule has 1 fully saturated rings. The van der Waals surface area contributed by atoms with Crippen LogP contribution in [-0.2, 0) is 15.8 Å². The van der Waals surface area contributed by atoms with Gasteiger partial charge in [-0.2, -0.15) is 13.2 Å². The number of halogens is 4. The van der Waals surface area contributed by atoms with Crippen molar-refractivity contribution < 1.29 is 22.8 Å². The first-order valence-electron chi connectivity index (χ1n) is 7.78. The first-order chi connectivity index (χ1) is 11.7. The van der Waals surface area contributed by atoms with Crippen LogP contribution in [0.2, 0.25) is 5.02 Å². The van der Waals surface area contributed by atoms with Gasteiger partial charge in [0.2, 0.25) is 11.8 Å². The topological polar surface area (TPSA) is 40.6 Å². The predicted molar refractivity (Wildman–Crippen MR) is 88.9 cm³/mol. The van der Waals surface area contributed by atoms with Gasteiger partial charge in [-0.1, -0.05) is 17.7 Å². The summed E-state index contributed by atoms with van der Waals surface area (Å²) in [5.41, 5.74) is -0.694. The second kappa shape index (κ2) is 7.91. The van der Waals surface area contributed by atoms with Gasteiger partial charge in [-0.25, -0.2) is 0 Å². The number of carbonyl (C=O) groups excluding carboxylic acids is 2. The summed E-state index contributed by atoms with van der Waals surface area (Å²) in [7, 11) is 0. The van der Waals surface area contributed by atoms with Crippen LogP contribution in [0.25, 0.3) is 6.08 Å². The highest BCUT2D eigenvalue weighted by Crippen LogP contribution is 2.35. The number of alkyl halides is 3. The summed E-state index contributed by atoms with van der Waals surface area (Å²) in [6, 6.07) is 3.48. The van der Waals surface area contributed by atoms with E-state index < -0.39 is 11.7 Å². The lowest BCUT2D eigenvalue weighted by atomic mass is 10.1. The highest BCUT2D eigenvalue weighted by atomic mass is 35.5. The molecule has 0 aromatic heterocycles. The summed E-state index contributed by atoms with van der Waals surface area (Å²) in [6.07, 6.45) is -1.31. The average molecular weight is 375 g/mol. The van der Waals surface area contributed by atoms with E-state index in [1.54, 1.807) is 9.80 Å². The Kier molecular flexibility index (Phi) is 6.11. The zero-order valence-corrected chi connectivity index (χ0v) is 14.4. The molecule has 4 nitrogen and oxygen atoms in total. The lowest BCUT2D eigenvalue weighted by Gasteiger charge is -2.20. The summed E-state index contributed by atoms with van der Waals surface area (Å²) < 4.78 is 38.5. The van der Waals surface area contributed by atoms with E-state index in [0.717, 1.165) is 12.1 Å². The van der Waals surface area contributed by atoms with Crippen molar-refractivity contribution in [2.24, 2.45) is 0 Å². The van der Waals surface area contributed by atoms with E-state index in [4.69, 9.17) is 11.6 Å². The first kappa shape index (κ1) is 19.3. The maximum atomic E-state index is 12.8. The number of amides is 2. The van der Waals surface area contributed by atoms with Crippen LogP contribution in [0, 0.1) is 0 Å². The number of benzene rings is 1. The van der Waals surface area contributed by atoms with E-state index in [2.05, 4.69) is 0 Å². The predicted octanol–water partition coefficient (Wildman–Crippen LogP) is 3.45. The molecular formula is C17H18ClF3N2O2. The van der Waals surface area contributed by atoms with Gasteiger partial charge in [0.15, 0.2) is 0 Å². The van der Waals surface area contributed by atoms with Crippen LogP contribution < -0.4 is 0 Å². The lowest BCUT2D eigenvalue weighted by molar-refractivity contribution is -0.137. The van der Waals surface area contributed by atoms with Gasteiger partial charge >= 0.3 is 6.18 Å². The van der Waals surface area contributed by atoms with Gasteiger partial charge in [0, 0.05) is 39.2 Å². The minimum absolute atomic E-state index is 0.0364. The zero-order chi connectivity index (χ0) is 18.6. The van der Waals surface area contributed by atoms with E-state index in [-0.39, 0.29) is 22.4 Å². The molecule has 0 radical (unpaired) electrons. The van der Waals surface area contributed by atoms with Crippen molar-refractivity contribution >= 4 is 29.5 Å². The molecule has 0 unspecified atom stereocenters. The summed E-state index contributed by atoms with van der Waals surface area (Å²) >= 11 is 5.57. The molecule has 0 bridgehead atoms. The zero-order valence-electron chi connectivity index (χ0n) is 13.6. The Balaban J connectivity index is 2.06. The van der Waals surface area contributed by atoms with E-state index in [9.17, 15) is 22.8 Å². The van der Waals surface area contributed by atoms with Crippen molar-refractivity contribution in [3.8, 4) is 0 Å². The quantitative estimate of drug-likeness (QED) is 0.744. The van der Waals surface area contributed by atoms with Gasteiger partial charge < -0.3 is 9.80 Å². The molecule has 25 heavy (non-hydrogen) atoms. The maximum absolute atomic E-state index is 12.8. The molecule has 8 heteroatoms. The molecule has 0 atom stereocenters. The van der Waals surface area contributed by atoms with E-state index >= 15 is 0 Å². The van der Waals surface area contributed by atoms with Crippen molar-refractivity contribution in [3.63, 3.8) is 0 Å². The van der Waals surface area contributed by atoms with Gasteiger partial charge in [-0.05, 0) is 30.2 Å². The van der Waals surface area contributed by atoms with Crippen molar-refractivity contribution in [2.75, 3.05) is 26.2 Å². The third-order valence-electron chi connectivity index (χ3n) is 3.97. The molecule has 2 rings (SSSR count). The van der Waals surface area contributed by atoms with Crippen molar-refractivity contribution in [1.29, 1.82) is 0 Å². The molecular weight excluding hydrogens is 357 g/mol. The third-order valence-corrected chi connectivity index (χ3v) is 4.30. The Hall–Kier alpha value is -2.02. The van der Waals surface area contributed by atoms with Crippen LogP contribution in [0.1, 0.15) is 24.5 Å². The molecule has 136 valence electrons. The monoisotopic (exact) mass is 374 g/mol. The summed E-state index contributed by atoms with van der Waals surface area (Å²) in [4.78, 5) is 26.9. The number of hydrogen-bond acceptors (Lipinski definition) is 2. The standard InChI is InChI=1S/C17H18ClF3N2O2/c1-12(24)22-7-2-8-23(10-9-22)16(25)6-4-13-3-5-15(18)14(11-13)17(19,20)21/h3-6,11H,2,7-10H2,1H3/b6-4-. The van der Waals surface area contributed by atoms with Crippen LogP contribution in [0.3, 0.4) is 0 Å². The molecule has 0 saturated carbocycles. The molecule has 1 aliphatic heterocycles. The number of hydrogen-bond donors (Lipinski definition) is 0. The van der Waals surface area contributed by atoms with E-state index in [1.807, 2.05) is 0 Å². The molecule has 1 aromatic rings. The van der Waals surface area contributed by atoms with Crippen LogP contribution >= 0.6 is 11.6 Å². The highest BCUT2D eigenvalue weighted by molar-refractivity contribution is 6.31. The molecule has 0 aliphatic carbocycles. The Morgan fingerprint density at radius 1 is 1.12 bits per heavy atom. The minimum Gasteiger partial charge on any atom is -0.341 e. The SMILES string of the molecule is CC(=O)N1CCCN(C(=O)/C=C\c2ccc(Cl)c(C(F)(F)F)c2)CC1. The van der Waals surface area contributed by atoms with Gasteiger partial charge in [-0.3, -0.25) is 9.59 Å². The fraction of sp³-hybridized carbons (Fsp3) is 0.412. The van der Waals surface area contributed by atoms with Gasteiger partial charge in [0.05, 0.1) is 10.6 Å². The second-order valence-electron chi connectivity index (χ2n) is 5.76. The van der Waals surface area contributed by atoms with Gasteiger partial charge in [0.25, 0.3) is 0 Å². The lowest BCUT2D eigenvalue weighted by Crippen LogP contribution is -2.35. The summed E-state index contributed by atoms with van der Waals surface area (Å²) in [5.74, 6) is -0.334. The summed E-state index contributed by atoms with van der Waals surface area (Å²) in [5, 5.41) is -0.382. The number of rotatable bonds is 2. The fourth-order valence-corrected chi connectivity index (χ4v) is 2.81. The van der Waals surface area contributed by atoms with E-state index in [0.29, 0.717) is 32.6 Å². The van der Waals surface area contributed by atoms with Crippen molar-refractivity contribution in [3.05, 3.63) is 40.4 Å². The van der Waals surface area contributed by atoms with E-state index in [1.165, 1.54) is 25.1 Å². The Labute approximate surface area is 148 Å². The molecule has 1 aromatic carbocycles. The number of carbonyl (C=O) groups is 2. The van der Waals surface area contributed by atoms with Crippen LogP contribution in [0.15, 0.2) is 24.3 Å². The Morgan fingerprint density at radius 2 is 1.76 bits per heavy atom.